The molecule has 2 aromatic rings. The van der Waals surface area contributed by atoms with E-state index in [4.69, 9.17) is 12.2 Å². The summed E-state index contributed by atoms with van der Waals surface area (Å²) in [6.45, 7) is 1.84. The summed E-state index contributed by atoms with van der Waals surface area (Å²) in [5.41, 5.74) is 2.37. The molecule has 3 rings (SSSR count). The zero-order valence-electron chi connectivity index (χ0n) is 12.3. The van der Waals surface area contributed by atoms with Gasteiger partial charge in [0.1, 0.15) is 0 Å². The van der Waals surface area contributed by atoms with Crippen LogP contribution in [0.15, 0.2) is 73.1 Å². The standard InChI is InChI=1S/C19H18N2S/c22-19-20(13-11-17-7-3-1-4-8-17)15-16-21(19)14-12-18-9-5-2-6-10-18/h1-14H,15-16H2/b13-11+,14-12+. The molecule has 0 bridgehead atoms. The van der Waals surface area contributed by atoms with Crippen LogP contribution in [0.1, 0.15) is 11.1 Å². The minimum Gasteiger partial charge on any atom is -0.323 e. The first kappa shape index (κ1) is 14.5. The molecule has 0 unspecified atom stereocenters. The van der Waals surface area contributed by atoms with Crippen molar-refractivity contribution in [2.45, 2.75) is 0 Å². The van der Waals surface area contributed by atoms with Crippen molar-refractivity contribution in [1.29, 1.82) is 0 Å². The van der Waals surface area contributed by atoms with Gasteiger partial charge in [-0.3, -0.25) is 0 Å². The van der Waals surface area contributed by atoms with Crippen molar-refractivity contribution in [3.8, 4) is 0 Å². The Hall–Kier alpha value is -2.39. The molecule has 2 nitrogen and oxygen atoms in total. The van der Waals surface area contributed by atoms with Gasteiger partial charge < -0.3 is 9.80 Å². The summed E-state index contributed by atoms with van der Waals surface area (Å²) >= 11 is 5.54. The van der Waals surface area contributed by atoms with Crippen molar-refractivity contribution in [3.05, 3.63) is 84.2 Å². The Morgan fingerprint density at radius 2 is 1.09 bits per heavy atom. The summed E-state index contributed by atoms with van der Waals surface area (Å²) in [5.74, 6) is 0. The lowest BCUT2D eigenvalue weighted by Gasteiger charge is -2.15. The first-order valence-electron chi connectivity index (χ1n) is 7.37. The first-order valence-corrected chi connectivity index (χ1v) is 7.77. The molecule has 0 saturated carbocycles. The van der Waals surface area contributed by atoms with Gasteiger partial charge in [0.05, 0.1) is 0 Å². The molecule has 0 amide bonds. The summed E-state index contributed by atoms with van der Waals surface area (Å²) in [7, 11) is 0. The van der Waals surface area contributed by atoms with E-state index < -0.39 is 0 Å². The number of rotatable bonds is 4. The number of nitrogens with zero attached hydrogens (tertiary/aromatic N) is 2. The third kappa shape index (κ3) is 3.62. The van der Waals surface area contributed by atoms with Gasteiger partial charge in [0.15, 0.2) is 5.11 Å². The SMILES string of the molecule is S=C1N(/C=C/c2ccccc2)CCN1/C=C/c1ccccc1. The number of thiocarbonyl (C=S) groups is 1. The normalized spacial score (nSPS) is 15.4. The smallest absolute Gasteiger partial charge is 0.179 e. The first-order chi connectivity index (χ1) is 10.8. The van der Waals surface area contributed by atoms with Crippen molar-refractivity contribution >= 4 is 29.5 Å². The van der Waals surface area contributed by atoms with Crippen LogP contribution in [0.25, 0.3) is 12.2 Å². The summed E-state index contributed by atoms with van der Waals surface area (Å²) in [6, 6.07) is 20.5. The molecule has 0 spiro atoms. The maximum absolute atomic E-state index is 5.54. The maximum Gasteiger partial charge on any atom is 0.179 e. The van der Waals surface area contributed by atoms with Crippen LogP contribution in [0.5, 0.6) is 0 Å². The van der Waals surface area contributed by atoms with E-state index >= 15 is 0 Å². The third-order valence-electron chi connectivity index (χ3n) is 3.57. The second kappa shape index (κ2) is 7.05. The molecule has 0 radical (unpaired) electrons. The van der Waals surface area contributed by atoms with Crippen LogP contribution in [-0.4, -0.2) is 28.0 Å². The topological polar surface area (TPSA) is 6.48 Å². The second-order valence-corrected chi connectivity index (χ2v) is 5.49. The molecule has 1 aliphatic rings. The molecule has 0 atom stereocenters. The highest BCUT2D eigenvalue weighted by Gasteiger charge is 2.20. The van der Waals surface area contributed by atoms with Crippen molar-refractivity contribution in [2.24, 2.45) is 0 Å². The lowest BCUT2D eigenvalue weighted by Crippen LogP contribution is -2.24. The van der Waals surface area contributed by atoms with E-state index in [1.165, 1.54) is 11.1 Å². The van der Waals surface area contributed by atoms with E-state index in [0.717, 1.165) is 18.2 Å². The van der Waals surface area contributed by atoms with Crippen LogP contribution in [0.3, 0.4) is 0 Å². The molecule has 3 heteroatoms. The average Bonchev–Trinajstić information content (AvgIpc) is 2.93. The fourth-order valence-electron chi connectivity index (χ4n) is 2.33. The quantitative estimate of drug-likeness (QED) is 0.781. The molecule has 1 heterocycles. The van der Waals surface area contributed by atoms with Crippen molar-refractivity contribution in [2.75, 3.05) is 13.1 Å². The van der Waals surface area contributed by atoms with Crippen LogP contribution in [0.4, 0.5) is 0 Å². The largest absolute Gasteiger partial charge is 0.323 e. The summed E-state index contributed by atoms with van der Waals surface area (Å²) < 4.78 is 0. The predicted octanol–water partition coefficient (Wildman–Crippen LogP) is 4.23. The number of benzene rings is 2. The van der Waals surface area contributed by atoms with E-state index in [1.807, 2.05) is 36.4 Å². The molecule has 2 aromatic carbocycles. The highest BCUT2D eigenvalue weighted by molar-refractivity contribution is 7.80. The molecular formula is C19H18N2S. The minimum atomic E-state index is 0.847. The molecule has 1 aliphatic heterocycles. The van der Waals surface area contributed by atoms with Gasteiger partial charge >= 0.3 is 0 Å². The Morgan fingerprint density at radius 1 is 0.682 bits per heavy atom. The predicted molar refractivity (Wildman–Crippen MR) is 97.0 cm³/mol. The average molecular weight is 306 g/mol. The Bertz CT molecular complexity index is 618. The van der Waals surface area contributed by atoms with E-state index in [9.17, 15) is 0 Å². The van der Waals surface area contributed by atoms with Crippen LogP contribution < -0.4 is 0 Å². The maximum atomic E-state index is 5.54. The van der Waals surface area contributed by atoms with E-state index in [1.54, 1.807) is 0 Å². The minimum absolute atomic E-state index is 0.847. The van der Waals surface area contributed by atoms with Gasteiger partial charge in [-0.1, -0.05) is 60.7 Å². The molecule has 0 N–H and O–H groups in total. The Morgan fingerprint density at radius 3 is 1.50 bits per heavy atom. The molecule has 1 fully saturated rings. The fraction of sp³-hybridized carbons (Fsp3) is 0.105. The third-order valence-corrected chi connectivity index (χ3v) is 4.04. The molecule has 110 valence electrons. The zero-order valence-corrected chi connectivity index (χ0v) is 13.1. The van der Waals surface area contributed by atoms with Gasteiger partial charge in [-0.2, -0.15) is 0 Å². The Kier molecular flexibility index (Phi) is 4.66. The Labute approximate surface area is 137 Å². The van der Waals surface area contributed by atoms with Crippen molar-refractivity contribution in [3.63, 3.8) is 0 Å². The monoisotopic (exact) mass is 306 g/mol. The van der Waals surface area contributed by atoms with Crippen LogP contribution in [0.2, 0.25) is 0 Å². The van der Waals surface area contributed by atoms with Crippen molar-refractivity contribution < 1.29 is 0 Å². The summed E-state index contributed by atoms with van der Waals surface area (Å²) in [5, 5.41) is 0.847. The van der Waals surface area contributed by atoms with Crippen LogP contribution in [-0.2, 0) is 0 Å². The molecule has 0 aliphatic carbocycles. The summed E-state index contributed by atoms with van der Waals surface area (Å²) in [6.07, 6.45) is 8.31. The lowest BCUT2D eigenvalue weighted by molar-refractivity contribution is 0.606. The molecule has 0 aromatic heterocycles. The van der Waals surface area contributed by atoms with Gasteiger partial charge in [0.25, 0.3) is 0 Å². The molecule has 1 saturated heterocycles. The zero-order chi connectivity index (χ0) is 15.2. The number of hydrogen-bond acceptors (Lipinski definition) is 1. The van der Waals surface area contributed by atoms with E-state index in [2.05, 4.69) is 58.6 Å². The fourth-order valence-corrected chi connectivity index (χ4v) is 2.63. The highest BCUT2D eigenvalue weighted by Crippen LogP contribution is 2.13. The highest BCUT2D eigenvalue weighted by atomic mass is 32.1. The lowest BCUT2D eigenvalue weighted by atomic mass is 10.2. The molecule has 22 heavy (non-hydrogen) atoms. The second-order valence-electron chi connectivity index (χ2n) is 5.12. The van der Waals surface area contributed by atoms with Crippen LogP contribution in [0, 0.1) is 0 Å². The van der Waals surface area contributed by atoms with Crippen molar-refractivity contribution in [1.82, 2.24) is 9.80 Å². The van der Waals surface area contributed by atoms with Gasteiger partial charge in [-0.25, -0.2) is 0 Å². The van der Waals surface area contributed by atoms with E-state index in [-0.39, 0.29) is 0 Å². The van der Waals surface area contributed by atoms with Crippen LogP contribution >= 0.6 is 12.2 Å². The van der Waals surface area contributed by atoms with Gasteiger partial charge in [-0.05, 0) is 35.5 Å². The van der Waals surface area contributed by atoms with Gasteiger partial charge in [0.2, 0.25) is 0 Å². The van der Waals surface area contributed by atoms with Gasteiger partial charge in [0, 0.05) is 25.5 Å². The van der Waals surface area contributed by atoms with E-state index in [0.29, 0.717) is 0 Å². The Balaban J connectivity index is 1.63. The molecular weight excluding hydrogens is 288 g/mol. The summed E-state index contributed by atoms with van der Waals surface area (Å²) in [4.78, 5) is 4.22. The number of hydrogen-bond donors (Lipinski definition) is 0. The van der Waals surface area contributed by atoms with Gasteiger partial charge in [-0.15, -0.1) is 0 Å².